The van der Waals surface area contributed by atoms with Crippen LogP contribution in [0.5, 0.6) is 0 Å². The lowest BCUT2D eigenvalue weighted by atomic mass is 10.1. The molecule has 1 aromatic rings. The van der Waals surface area contributed by atoms with Crippen LogP contribution in [-0.2, 0) is 0 Å². The monoisotopic (exact) mass is 274 g/mol. The van der Waals surface area contributed by atoms with Crippen LogP contribution in [0.3, 0.4) is 0 Å². The molecule has 0 spiro atoms. The summed E-state index contributed by atoms with van der Waals surface area (Å²) in [7, 11) is 0. The van der Waals surface area contributed by atoms with Crippen LogP contribution in [0.15, 0.2) is 24.3 Å². The van der Waals surface area contributed by atoms with Crippen molar-refractivity contribution in [3.8, 4) is 6.07 Å². The summed E-state index contributed by atoms with van der Waals surface area (Å²) in [6.07, 6.45) is 3.30. The van der Waals surface area contributed by atoms with Gasteiger partial charge in [-0.1, -0.05) is 13.0 Å². The minimum absolute atomic E-state index is 0.0655. The first-order chi connectivity index (χ1) is 9.22. The van der Waals surface area contributed by atoms with Gasteiger partial charge in [-0.15, -0.1) is 0 Å². The van der Waals surface area contributed by atoms with Crippen molar-refractivity contribution in [1.29, 1.82) is 5.26 Å². The molecule has 19 heavy (non-hydrogen) atoms. The Morgan fingerprint density at radius 2 is 2.37 bits per heavy atom. The lowest BCUT2D eigenvalue weighted by molar-refractivity contribution is 0.0938. The molecule has 2 atom stereocenters. The Kier molecular flexibility index (Phi) is 4.86. The second kappa shape index (κ2) is 6.63. The number of rotatable bonds is 4. The molecule has 1 fully saturated rings. The maximum Gasteiger partial charge on any atom is 0.251 e. The fraction of sp³-hybridized carbons (Fsp3) is 0.467. The van der Waals surface area contributed by atoms with Crippen LogP contribution in [-0.4, -0.2) is 23.0 Å². The zero-order valence-electron chi connectivity index (χ0n) is 11.1. The summed E-state index contributed by atoms with van der Waals surface area (Å²) in [5.41, 5.74) is 1.10. The molecule has 3 nitrogen and oxygen atoms in total. The van der Waals surface area contributed by atoms with Crippen molar-refractivity contribution in [2.45, 2.75) is 37.5 Å². The van der Waals surface area contributed by atoms with E-state index in [2.05, 4.69) is 18.3 Å². The topological polar surface area (TPSA) is 52.9 Å². The molecule has 1 saturated carbocycles. The fourth-order valence-corrected chi connectivity index (χ4v) is 3.60. The van der Waals surface area contributed by atoms with Gasteiger partial charge in [-0.25, -0.2) is 0 Å². The minimum atomic E-state index is -0.0655. The molecule has 0 aliphatic heterocycles. The van der Waals surface area contributed by atoms with Gasteiger partial charge >= 0.3 is 0 Å². The van der Waals surface area contributed by atoms with Gasteiger partial charge in [0.05, 0.1) is 11.6 Å². The number of amides is 1. The number of carbonyl (C=O) groups is 1. The van der Waals surface area contributed by atoms with Crippen LogP contribution < -0.4 is 5.32 Å². The highest BCUT2D eigenvalue weighted by atomic mass is 32.2. The molecule has 0 radical (unpaired) electrons. The number of nitriles is 1. The molecule has 1 aliphatic carbocycles. The van der Waals surface area contributed by atoms with Crippen LogP contribution in [0.25, 0.3) is 0 Å². The van der Waals surface area contributed by atoms with Crippen molar-refractivity contribution in [3.05, 3.63) is 35.4 Å². The summed E-state index contributed by atoms with van der Waals surface area (Å²) in [4.78, 5) is 12.1. The first-order valence-corrected chi connectivity index (χ1v) is 7.70. The molecule has 0 heterocycles. The number of benzene rings is 1. The summed E-state index contributed by atoms with van der Waals surface area (Å²) in [5.74, 6) is 1.07. The van der Waals surface area contributed by atoms with E-state index >= 15 is 0 Å². The Balaban J connectivity index is 1.93. The molecule has 1 N–H and O–H groups in total. The largest absolute Gasteiger partial charge is 0.349 e. The lowest BCUT2D eigenvalue weighted by Crippen LogP contribution is -2.33. The number of nitrogens with zero attached hydrogens (tertiary/aromatic N) is 1. The summed E-state index contributed by atoms with van der Waals surface area (Å²) in [6.45, 7) is 2.17. The van der Waals surface area contributed by atoms with Gasteiger partial charge in [0, 0.05) is 16.9 Å². The van der Waals surface area contributed by atoms with Crippen LogP contribution in [0.4, 0.5) is 0 Å². The van der Waals surface area contributed by atoms with E-state index in [4.69, 9.17) is 5.26 Å². The number of hydrogen-bond donors (Lipinski definition) is 1. The maximum atomic E-state index is 12.1. The van der Waals surface area contributed by atoms with Crippen molar-refractivity contribution < 1.29 is 4.79 Å². The molecule has 100 valence electrons. The number of carbonyl (C=O) groups excluding carboxylic acids is 1. The first-order valence-electron chi connectivity index (χ1n) is 6.65. The Labute approximate surface area is 118 Å². The van der Waals surface area contributed by atoms with Gasteiger partial charge in [0.1, 0.15) is 0 Å². The van der Waals surface area contributed by atoms with E-state index in [1.165, 1.54) is 6.42 Å². The van der Waals surface area contributed by atoms with E-state index in [0.29, 0.717) is 16.4 Å². The number of nitrogens with one attached hydrogen (secondary N) is 1. The summed E-state index contributed by atoms with van der Waals surface area (Å²) >= 11 is 1.98. The molecule has 2 unspecified atom stereocenters. The maximum absolute atomic E-state index is 12.1. The van der Waals surface area contributed by atoms with Gasteiger partial charge in [0.25, 0.3) is 5.91 Å². The van der Waals surface area contributed by atoms with Crippen LogP contribution in [0.1, 0.15) is 42.1 Å². The van der Waals surface area contributed by atoms with Crippen LogP contribution in [0.2, 0.25) is 0 Å². The van der Waals surface area contributed by atoms with Crippen molar-refractivity contribution in [3.63, 3.8) is 0 Å². The predicted molar refractivity (Wildman–Crippen MR) is 78.2 cm³/mol. The summed E-state index contributed by atoms with van der Waals surface area (Å²) in [5, 5.41) is 12.6. The molecule has 1 aliphatic rings. The van der Waals surface area contributed by atoms with Crippen LogP contribution in [0, 0.1) is 11.3 Å². The van der Waals surface area contributed by atoms with E-state index in [1.807, 2.05) is 11.8 Å². The molecule has 4 heteroatoms. The zero-order chi connectivity index (χ0) is 13.7. The molecule has 2 rings (SSSR count). The molecule has 1 aromatic carbocycles. The highest BCUT2D eigenvalue weighted by molar-refractivity contribution is 7.99. The van der Waals surface area contributed by atoms with E-state index in [0.717, 1.165) is 18.6 Å². The third-order valence-corrected chi connectivity index (χ3v) is 4.61. The average molecular weight is 274 g/mol. The zero-order valence-corrected chi connectivity index (χ0v) is 11.9. The fourth-order valence-electron chi connectivity index (χ4n) is 2.46. The van der Waals surface area contributed by atoms with Crippen LogP contribution >= 0.6 is 11.8 Å². The molecule has 0 saturated heterocycles. The Bertz CT molecular complexity index is 495. The first kappa shape index (κ1) is 14.0. The highest BCUT2D eigenvalue weighted by Gasteiger charge is 2.25. The van der Waals surface area contributed by atoms with Crippen molar-refractivity contribution >= 4 is 17.7 Å². The third kappa shape index (κ3) is 3.74. The number of hydrogen-bond acceptors (Lipinski definition) is 3. The Morgan fingerprint density at radius 1 is 1.53 bits per heavy atom. The Hall–Kier alpha value is -1.47. The third-order valence-electron chi connectivity index (χ3n) is 3.38. The normalized spacial score (nSPS) is 21.9. The van der Waals surface area contributed by atoms with Crippen molar-refractivity contribution in [2.24, 2.45) is 0 Å². The van der Waals surface area contributed by atoms with Gasteiger partial charge in [0.2, 0.25) is 0 Å². The summed E-state index contributed by atoms with van der Waals surface area (Å²) in [6, 6.07) is 9.19. The van der Waals surface area contributed by atoms with E-state index < -0.39 is 0 Å². The second-order valence-corrected chi connectivity index (χ2v) is 6.33. The van der Waals surface area contributed by atoms with Gasteiger partial charge in [0.15, 0.2) is 0 Å². The SMILES string of the molecule is CCSC1CCC(NC(=O)c2cccc(C#N)c2)C1. The van der Waals surface area contributed by atoms with E-state index in [9.17, 15) is 4.79 Å². The summed E-state index contributed by atoms with van der Waals surface area (Å²) < 4.78 is 0. The average Bonchev–Trinajstić information content (AvgIpc) is 2.86. The molecular formula is C15H18N2OS. The molecule has 1 amide bonds. The predicted octanol–water partition coefficient (Wildman–Crippen LogP) is 2.96. The van der Waals surface area contributed by atoms with E-state index in [-0.39, 0.29) is 11.9 Å². The highest BCUT2D eigenvalue weighted by Crippen LogP contribution is 2.29. The van der Waals surface area contributed by atoms with Crippen molar-refractivity contribution in [2.75, 3.05) is 5.75 Å². The standard InChI is InChI=1S/C15H18N2OS/c1-2-19-14-7-6-13(9-14)17-15(18)12-5-3-4-11(8-12)10-16/h3-5,8,13-14H,2,6-7,9H2,1H3,(H,17,18). The smallest absolute Gasteiger partial charge is 0.251 e. The van der Waals surface area contributed by atoms with Gasteiger partial charge < -0.3 is 5.32 Å². The second-order valence-electron chi connectivity index (χ2n) is 4.75. The number of thioether (sulfide) groups is 1. The van der Waals surface area contributed by atoms with Gasteiger partial charge in [-0.2, -0.15) is 17.0 Å². The quantitative estimate of drug-likeness (QED) is 0.918. The minimum Gasteiger partial charge on any atom is -0.349 e. The van der Waals surface area contributed by atoms with E-state index in [1.54, 1.807) is 24.3 Å². The van der Waals surface area contributed by atoms with Crippen molar-refractivity contribution in [1.82, 2.24) is 5.32 Å². The lowest BCUT2D eigenvalue weighted by Gasteiger charge is -2.13. The molecule has 0 bridgehead atoms. The Morgan fingerprint density at radius 3 is 3.11 bits per heavy atom. The van der Waals surface area contributed by atoms with Gasteiger partial charge in [-0.3, -0.25) is 4.79 Å². The van der Waals surface area contributed by atoms with Gasteiger partial charge in [-0.05, 0) is 43.2 Å². The molecule has 0 aromatic heterocycles. The molecular weight excluding hydrogens is 256 g/mol.